The number of hydrogen-bond acceptors (Lipinski definition) is 1. The summed E-state index contributed by atoms with van der Waals surface area (Å²) in [6.45, 7) is 19.7. The lowest BCUT2D eigenvalue weighted by molar-refractivity contribution is -0.0134. The van der Waals surface area contributed by atoms with E-state index in [0.29, 0.717) is 23.7 Å². The minimum absolute atomic E-state index is 0.00512. The molecule has 0 saturated heterocycles. The van der Waals surface area contributed by atoms with E-state index in [9.17, 15) is 0 Å². The van der Waals surface area contributed by atoms with Crippen molar-refractivity contribution in [2.75, 3.05) is 0 Å². The Balaban J connectivity index is 2.43. The van der Waals surface area contributed by atoms with Crippen molar-refractivity contribution >= 4 is 11.6 Å². The van der Waals surface area contributed by atoms with Crippen LogP contribution in [0.3, 0.4) is 0 Å². The zero-order chi connectivity index (χ0) is 19.6. The third-order valence-corrected chi connectivity index (χ3v) is 5.75. The summed E-state index contributed by atoms with van der Waals surface area (Å²) in [5.74, 6) is 1.80. The molecule has 2 rings (SSSR count). The van der Waals surface area contributed by atoms with Gasteiger partial charge in [0, 0.05) is 11.0 Å². The van der Waals surface area contributed by atoms with E-state index in [1.54, 1.807) is 0 Å². The van der Waals surface area contributed by atoms with Gasteiger partial charge >= 0.3 is 0 Å². The maximum Gasteiger partial charge on any atom is 0.100 e. The highest BCUT2D eigenvalue weighted by Gasteiger charge is 2.34. The van der Waals surface area contributed by atoms with Crippen LogP contribution in [0.4, 0.5) is 0 Å². The lowest BCUT2D eigenvalue weighted by atomic mass is 9.82. The number of benzene rings is 1. The normalized spacial score (nSPS) is 21.1. The van der Waals surface area contributed by atoms with Gasteiger partial charge in [-0.2, -0.15) is 0 Å². The SMILES string of the molecule is C=CC[C@@H]1C=C(Cl)[C@@H]1O[C@H](C)c1c(C(C)C)cc(C(C)C)cc1C(C)C. The Hall–Kier alpha value is -1.05. The number of ether oxygens (including phenoxy) is 1. The minimum atomic E-state index is -0.00512. The monoisotopic (exact) mass is 374 g/mol. The Kier molecular flexibility index (Phi) is 7.16. The Morgan fingerprint density at radius 3 is 1.92 bits per heavy atom. The first kappa shape index (κ1) is 21.3. The number of hydrogen-bond donors (Lipinski definition) is 0. The maximum absolute atomic E-state index is 6.48. The van der Waals surface area contributed by atoms with E-state index < -0.39 is 0 Å². The highest BCUT2D eigenvalue weighted by Crippen LogP contribution is 2.42. The third-order valence-electron chi connectivity index (χ3n) is 5.41. The largest absolute Gasteiger partial charge is 0.364 e. The fraction of sp³-hybridized carbons (Fsp3) is 0.583. The van der Waals surface area contributed by atoms with Crippen molar-refractivity contribution in [1.29, 1.82) is 0 Å². The second-order valence-corrected chi connectivity index (χ2v) is 8.95. The van der Waals surface area contributed by atoms with Crippen LogP contribution in [0.15, 0.2) is 35.9 Å². The van der Waals surface area contributed by atoms with Crippen molar-refractivity contribution in [2.24, 2.45) is 5.92 Å². The van der Waals surface area contributed by atoms with Crippen molar-refractivity contribution in [3.8, 4) is 0 Å². The topological polar surface area (TPSA) is 9.23 Å². The summed E-state index contributed by atoms with van der Waals surface area (Å²) < 4.78 is 6.48. The molecule has 1 aliphatic rings. The van der Waals surface area contributed by atoms with Gasteiger partial charge in [-0.1, -0.05) is 77.4 Å². The molecule has 0 heterocycles. The zero-order valence-corrected chi connectivity index (χ0v) is 18.2. The molecule has 0 fully saturated rings. The average Bonchev–Trinajstić information content (AvgIpc) is 2.57. The van der Waals surface area contributed by atoms with Gasteiger partial charge in [-0.15, -0.1) is 6.58 Å². The van der Waals surface area contributed by atoms with Crippen LogP contribution in [-0.2, 0) is 4.74 Å². The smallest absolute Gasteiger partial charge is 0.100 e. The Labute approximate surface area is 165 Å². The van der Waals surface area contributed by atoms with Gasteiger partial charge in [0.05, 0.1) is 6.10 Å². The molecule has 0 radical (unpaired) electrons. The molecule has 1 aromatic carbocycles. The standard InChI is InChI=1S/C24H35ClO/c1-9-10-18-13-22(25)24(18)26-17(8)23-20(15(4)5)11-19(14(2)3)12-21(23)16(6)7/h9,11-18,24H,1,10H2,2-8H3/t17-,18-,24-/m1/s1. The van der Waals surface area contributed by atoms with Gasteiger partial charge in [0.2, 0.25) is 0 Å². The summed E-state index contributed by atoms with van der Waals surface area (Å²) in [6, 6.07) is 4.77. The highest BCUT2D eigenvalue weighted by atomic mass is 35.5. The third kappa shape index (κ3) is 4.43. The van der Waals surface area contributed by atoms with Crippen molar-refractivity contribution in [1.82, 2.24) is 0 Å². The lowest BCUT2D eigenvalue weighted by Gasteiger charge is -2.36. The van der Waals surface area contributed by atoms with Crippen LogP contribution in [0.2, 0.25) is 0 Å². The second kappa shape index (κ2) is 8.76. The number of halogens is 1. The fourth-order valence-electron chi connectivity index (χ4n) is 3.79. The molecule has 0 spiro atoms. The molecule has 3 atom stereocenters. The molecule has 144 valence electrons. The predicted molar refractivity (Wildman–Crippen MR) is 114 cm³/mol. The molecular weight excluding hydrogens is 340 g/mol. The molecule has 0 unspecified atom stereocenters. The summed E-state index contributed by atoms with van der Waals surface area (Å²) in [4.78, 5) is 0. The van der Waals surface area contributed by atoms with Crippen molar-refractivity contribution in [3.63, 3.8) is 0 Å². The average molecular weight is 375 g/mol. The van der Waals surface area contributed by atoms with E-state index in [1.807, 2.05) is 6.08 Å². The Bertz CT molecular complexity index is 640. The van der Waals surface area contributed by atoms with Gasteiger partial charge in [-0.25, -0.2) is 0 Å². The van der Waals surface area contributed by atoms with Gasteiger partial charge in [0.1, 0.15) is 6.10 Å². The van der Waals surface area contributed by atoms with Crippen LogP contribution in [0.25, 0.3) is 0 Å². The molecule has 1 aromatic rings. The molecule has 0 aliphatic heterocycles. The lowest BCUT2D eigenvalue weighted by Crippen LogP contribution is -2.32. The highest BCUT2D eigenvalue weighted by molar-refractivity contribution is 6.31. The van der Waals surface area contributed by atoms with E-state index in [1.165, 1.54) is 22.3 Å². The van der Waals surface area contributed by atoms with E-state index in [0.717, 1.165) is 11.5 Å². The first-order chi connectivity index (χ1) is 12.2. The minimum Gasteiger partial charge on any atom is -0.364 e. The maximum atomic E-state index is 6.48. The van der Waals surface area contributed by atoms with Crippen molar-refractivity contribution in [3.05, 3.63) is 58.1 Å². The first-order valence-corrected chi connectivity index (χ1v) is 10.4. The van der Waals surface area contributed by atoms with Crippen molar-refractivity contribution < 1.29 is 4.74 Å². The van der Waals surface area contributed by atoms with E-state index in [-0.39, 0.29) is 12.2 Å². The molecule has 0 N–H and O–H groups in total. The van der Waals surface area contributed by atoms with E-state index in [2.05, 4.69) is 73.3 Å². The van der Waals surface area contributed by atoms with Gasteiger partial charge in [-0.05, 0) is 53.4 Å². The summed E-state index contributed by atoms with van der Waals surface area (Å²) in [5, 5.41) is 0.833. The Morgan fingerprint density at radius 1 is 1.00 bits per heavy atom. The number of allylic oxidation sites excluding steroid dienone is 1. The molecule has 1 nitrogen and oxygen atoms in total. The van der Waals surface area contributed by atoms with Gasteiger partial charge in [0.15, 0.2) is 0 Å². The summed E-state index contributed by atoms with van der Waals surface area (Å²) in [6.07, 6.45) is 4.96. The molecular formula is C24H35ClO. The molecule has 0 aromatic heterocycles. The van der Waals surface area contributed by atoms with Crippen LogP contribution < -0.4 is 0 Å². The van der Waals surface area contributed by atoms with Gasteiger partial charge < -0.3 is 4.74 Å². The van der Waals surface area contributed by atoms with Gasteiger partial charge in [0.25, 0.3) is 0 Å². The molecule has 0 amide bonds. The Morgan fingerprint density at radius 2 is 1.54 bits per heavy atom. The van der Waals surface area contributed by atoms with Gasteiger partial charge in [-0.3, -0.25) is 0 Å². The predicted octanol–water partition coefficient (Wildman–Crippen LogP) is 7.83. The van der Waals surface area contributed by atoms with E-state index in [4.69, 9.17) is 16.3 Å². The fourth-order valence-corrected chi connectivity index (χ4v) is 4.17. The molecule has 1 aliphatic carbocycles. The van der Waals surface area contributed by atoms with Crippen LogP contribution >= 0.6 is 11.6 Å². The summed E-state index contributed by atoms with van der Waals surface area (Å²) in [7, 11) is 0. The molecule has 0 saturated carbocycles. The summed E-state index contributed by atoms with van der Waals surface area (Å²) in [5.41, 5.74) is 5.59. The van der Waals surface area contributed by atoms with Crippen molar-refractivity contribution in [2.45, 2.75) is 84.8 Å². The number of rotatable bonds is 8. The summed E-state index contributed by atoms with van der Waals surface area (Å²) >= 11 is 6.35. The first-order valence-electron chi connectivity index (χ1n) is 9.98. The second-order valence-electron chi connectivity index (χ2n) is 8.52. The quantitative estimate of drug-likeness (QED) is 0.421. The van der Waals surface area contributed by atoms with Crippen LogP contribution in [-0.4, -0.2) is 6.10 Å². The van der Waals surface area contributed by atoms with E-state index >= 15 is 0 Å². The van der Waals surface area contributed by atoms with Crippen LogP contribution in [0.5, 0.6) is 0 Å². The molecule has 2 heteroatoms. The molecule has 26 heavy (non-hydrogen) atoms. The van der Waals surface area contributed by atoms with Crippen LogP contribution in [0, 0.1) is 5.92 Å². The van der Waals surface area contributed by atoms with Crippen LogP contribution in [0.1, 0.15) is 101 Å². The zero-order valence-electron chi connectivity index (χ0n) is 17.5. The molecule has 0 bridgehead atoms.